The number of aromatic hydroxyl groups is 2. The molecule has 0 aromatic heterocycles. The van der Waals surface area contributed by atoms with Crippen LogP contribution in [0.5, 0.6) is 11.5 Å². The number of urea groups is 1. The minimum atomic E-state index is -0.950. The van der Waals surface area contributed by atoms with E-state index in [0.29, 0.717) is 6.54 Å². The van der Waals surface area contributed by atoms with Gasteiger partial charge in [0.15, 0.2) is 6.61 Å². The number of hydrogen-bond donors (Lipinski definition) is 4. The summed E-state index contributed by atoms with van der Waals surface area (Å²) in [6, 6.07) is 2.60. The van der Waals surface area contributed by atoms with E-state index in [1.54, 1.807) is 6.92 Å². The lowest BCUT2D eigenvalue weighted by atomic mass is 10.2. The Kier molecular flexibility index (Phi) is 5.33. The zero-order valence-electron chi connectivity index (χ0n) is 10.7. The number of esters is 1. The fourth-order valence-electron chi connectivity index (χ4n) is 1.27. The van der Waals surface area contributed by atoms with Crippen molar-refractivity contribution in [1.82, 2.24) is 10.6 Å². The Morgan fingerprint density at radius 1 is 1.25 bits per heavy atom. The molecule has 1 aromatic carbocycles. The zero-order valence-corrected chi connectivity index (χ0v) is 10.7. The molecule has 3 amide bonds. The van der Waals surface area contributed by atoms with Crippen LogP contribution < -0.4 is 10.6 Å². The maximum Gasteiger partial charge on any atom is 0.342 e. The third-order valence-corrected chi connectivity index (χ3v) is 2.13. The van der Waals surface area contributed by atoms with Crippen molar-refractivity contribution in [2.75, 3.05) is 13.2 Å². The van der Waals surface area contributed by atoms with Gasteiger partial charge in [0.25, 0.3) is 5.91 Å². The van der Waals surface area contributed by atoms with E-state index in [1.807, 2.05) is 5.32 Å². The summed E-state index contributed by atoms with van der Waals surface area (Å²) in [7, 11) is 0. The number of rotatable bonds is 4. The molecule has 0 fully saturated rings. The van der Waals surface area contributed by atoms with Gasteiger partial charge in [-0.15, -0.1) is 0 Å². The number of phenols is 2. The molecule has 0 aliphatic rings. The summed E-state index contributed by atoms with van der Waals surface area (Å²) in [6.45, 7) is 1.36. The molecule has 108 valence electrons. The average Bonchev–Trinajstić information content (AvgIpc) is 2.36. The van der Waals surface area contributed by atoms with Crippen LogP contribution in [0.15, 0.2) is 18.2 Å². The quantitative estimate of drug-likeness (QED) is 0.580. The monoisotopic (exact) mass is 282 g/mol. The fourth-order valence-corrected chi connectivity index (χ4v) is 1.27. The lowest BCUT2D eigenvalue weighted by molar-refractivity contribution is -0.123. The zero-order chi connectivity index (χ0) is 15.1. The minimum Gasteiger partial charge on any atom is -0.508 e. The number of benzene rings is 1. The maximum atomic E-state index is 11.5. The molecule has 1 aromatic rings. The third-order valence-electron chi connectivity index (χ3n) is 2.13. The van der Waals surface area contributed by atoms with Gasteiger partial charge in [0.1, 0.15) is 17.1 Å². The Labute approximate surface area is 114 Å². The number of phenolic OH excluding ortho intramolecular Hbond substituents is 2. The van der Waals surface area contributed by atoms with Gasteiger partial charge in [-0.05, 0) is 19.1 Å². The van der Waals surface area contributed by atoms with Crippen LogP contribution in [0.4, 0.5) is 4.79 Å². The Morgan fingerprint density at radius 3 is 2.55 bits per heavy atom. The van der Waals surface area contributed by atoms with Gasteiger partial charge in [-0.2, -0.15) is 0 Å². The van der Waals surface area contributed by atoms with Gasteiger partial charge in [-0.25, -0.2) is 9.59 Å². The second-order valence-electron chi connectivity index (χ2n) is 3.69. The molecule has 1 rings (SSSR count). The smallest absolute Gasteiger partial charge is 0.342 e. The van der Waals surface area contributed by atoms with Gasteiger partial charge in [0, 0.05) is 12.6 Å². The van der Waals surface area contributed by atoms with E-state index in [9.17, 15) is 19.5 Å². The summed E-state index contributed by atoms with van der Waals surface area (Å²) in [5, 5.41) is 22.8. The van der Waals surface area contributed by atoms with E-state index in [4.69, 9.17) is 5.11 Å². The van der Waals surface area contributed by atoms with E-state index < -0.39 is 30.3 Å². The largest absolute Gasteiger partial charge is 0.508 e. The number of carbonyl (C=O) groups is 3. The Balaban J connectivity index is 2.51. The molecular weight excluding hydrogens is 268 g/mol. The molecule has 0 saturated heterocycles. The summed E-state index contributed by atoms with van der Waals surface area (Å²) in [4.78, 5) is 33.8. The molecular formula is C12H14N2O6. The average molecular weight is 282 g/mol. The molecule has 4 N–H and O–H groups in total. The standard InChI is InChI=1S/C12H14N2O6/c1-2-13-12(19)14-10(17)6-20-11(18)8-4-3-7(15)5-9(8)16/h3-5,15-16H,2,6H2,1H3,(H2,13,14,17,19). The summed E-state index contributed by atoms with van der Waals surface area (Å²) in [5.74, 6) is -2.44. The van der Waals surface area contributed by atoms with Crippen molar-refractivity contribution in [3.63, 3.8) is 0 Å². The molecule has 0 saturated carbocycles. The third kappa shape index (κ3) is 4.48. The minimum absolute atomic E-state index is 0.200. The van der Waals surface area contributed by atoms with E-state index in [1.165, 1.54) is 6.07 Å². The van der Waals surface area contributed by atoms with E-state index in [2.05, 4.69) is 10.1 Å². The van der Waals surface area contributed by atoms with Crippen LogP contribution in [-0.4, -0.2) is 41.3 Å². The normalized spacial score (nSPS) is 9.65. The first kappa shape index (κ1) is 15.3. The summed E-state index contributed by atoms with van der Waals surface area (Å²) < 4.78 is 4.62. The van der Waals surface area contributed by atoms with Gasteiger partial charge < -0.3 is 20.3 Å². The van der Waals surface area contributed by atoms with Gasteiger partial charge in [0.05, 0.1) is 0 Å². The highest BCUT2D eigenvalue weighted by Crippen LogP contribution is 2.22. The summed E-state index contributed by atoms with van der Waals surface area (Å²) >= 11 is 0. The van der Waals surface area contributed by atoms with Crippen LogP contribution in [0, 0.1) is 0 Å². The molecule has 0 spiro atoms. The topological polar surface area (TPSA) is 125 Å². The highest BCUT2D eigenvalue weighted by Gasteiger charge is 2.15. The summed E-state index contributed by atoms with van der Waals surface area (Å²) in [5.41, 5.74) is -0.200. The molecule has 0 aliphatic carbocycles. The number of nitrogens with one attached hydrogen (secondary N) is 2. The van der Waals surface area contributed by atoms with Gasteiger partial charge in [-0.3, -0.25) is 10.1 Å². The summed E-state index contributed by atoms with van der Waals surface area (Å²) in [6.07, 6.45) is 0. The number of carbonyl (C=O) groups excluding carboxylic acids is 3. The molecule has 8 nitrogen and oxygen atoms in total. The molecule has 8 heteroatoms. The van der Waals surface area contributed by atoms with Gasteiger partial charge in [-0.1, -0.05) is 0 Å². The molecule has 0 unspecified atom stereocenters. The number of amides is 3. The lowest BCUT2D eigenvalue weighted by Gasteiger charge is -2.07. The number of ether oxygens (including phenoxy) is 1. The van der Waals surface area contributed by atoms with Gasteiger partial charge in [0.2, 0.25) is 0 Å². The molecule has 0 radical (unpaired) electrons. The maximum absolute atomic E-state index is 11.5. The second-order valence-corrected chi connectivity index (χ2v) is 3.69. The predicted molar refractivity (Wildman–Crippen MR) is 67.3 cm³/mol. The highest BCUT2D eigenvalue weighted by atomic mass is 16.5. The van der Waals surface area contributed by atoms with E-state index >= 15 is 0 Å². The molecule has 20 heavy (non-hydrogen) atoms. The van der Waals surface area contributed by atoms with Crippen LogP contribution in [-0.2, 0) is 9.53 Å². The highest BCUT2D eigenvalue weighted by molar-refractivity contribution is 5.97. The van der Waals surface area contributed by atoms with E-state index in [0.717, 1.165) is 12.1 Å². The first-order valence-corrected chi connectivity index (χ1v) is 5.70. The van der Waals surface area contributed by atoms with Crippen molar-refractivity contribution in [3.05, 3.63) is 23.8 Å². The van der Waals surface area contributed by atoms with Crippen molar-refractivity contribution in [1.29, 1.82) is 0 Å². The first-order valence-electron chi connectivity index (χ1n) is 5.70. The predicted octanol–water partition coefficient (Wildman–Crippen LogP) is 0.100. The lowest BCUT2D eigenvalue weighted by Crippen LogP contribution is -2.41. The van der Waals surface area contributed by atoms with Crippen molar-refractivity contribution in [3.8, 4) is 11.5 Å². The van der Waals surface area contributed by atoms with E-state index in [-0.39, 0.29) is 11.3 Å². The first-order chi connectivity index (χ1) is 9.43. The molecule has 0 atom stereocenters. The van der Waals surface area contributed by atoms with Crippen molar-refractivity contribution >= 4 is 17.9 Å². The van der Waals surface area contributed by atoms with Crippen molar-refractivity contribution in [2.45, 2.75) is 6.92 Å². The Bertz CT molecular complexity index is 529. The van der Waals surface area contributed by atoms with Crippen LogP contribution in [0.25, 0.3) is 0 Å². The second kappa shape index (κ2) is 6.98. The van der Waals surface area contributed by atoms with Crippen LogP contribution >= 0.6 is 0 Å². The van der Waals surface area contributed by atoms with Crippen LogP contribution in [0.1, 0.15) is 17.3 Å². The molecule has 0 bridgehead atoms. The molecule has 0 heterocycles. The van der Waals surface area contributed by atoms with Gasteiger partial charge >= 0.3 is 12.0 Å². The SMILES string of the molecule is CCNC(=O)NC(=O)COC(=O)c1ccc(O)cc1O. The number of imide groups is 1. The Morgan fingerprint density at radius 2 is 1.95 bits per heavy atom. The fraction of sp³-hybridized carbons (Fsp3) is 0.250. The van der Waals surface area contributed by atoms with Crippen LogP contribution in [0.3, 0.4) is 0 Å². The van der Waals surface area contributed by atoms with Crippen molar-refractivity contribution < 1.29 is 29.3 Å². The molecule has 0 aliphatic heterocycles. The number of hydrogen-bond acceptors (Lipinski definition) is 6. The van der Waals surface area contributed by atoms with Crippen molar-refractivity contribution in [2.24, 2.45) is 0 Å². The van der Waals surface area contributed by atoms with Crippen LogP contribution in [0.2, 0.25) is 0 Å². The Hall–Kier alpha value is -2.77.